The van der Waals surface area contributed by atoms with Crippen LogP contribution in [0.5, 0.6) is 0 Å². The molecule has 0 saturated carbocycles. The van der Waals surface area contributed by atoms with Crippen LogP contribution in [0.4, 0.5) is 0 Å². The SMILES string of the molecule is CC(C)C[C](CC(C)C)=[Zr+2]([c]1c2c(cc(C(C)(C)C)c1-c1cccc3ccccc13)-c1cc(C(C)(C)C)c(-c3cccc4ccccc34)cc1C2)[CH]1C=CC=C1.[Cl-].[Cl-]. The van der Waals surface area contributed by atoms with E-state index < -0.39 is 21.3 Å². The number of hydrogen-bond acceptors (Lipinski definition) is 0. The van der Waals surface area contributed by atoms with E-state index in [9.17, 15) is 0 Å². The minimum absolute atomic E-state index is 0. The van der Waals surface area contributed by atoms with Crippen LogP contribution >= 0.6 is 0 Å². The van der Waals surface area contributed by atoms with Crippen LogP contribution in [0.1, 0.15) is 104 Å². The van der Waals surface area contributed by atoms with Crippen molar-refractivity contribution in [3.05, 3.63) is 150 Å². The first kappa shape index (κ1) is 44.2. The molecule has 58 heavy (non-hydrogen) atoms. The summed E-state index contributed by atoms with van der Waals surface area (Å²) in [6.45, 7) is 24.4. The molecule has 0 heterocycles. The molecule has 0 N–H and O–H groups in total. The summed E-state index contributed by atoms with van der Waals surface area (Å²) in [6.07, 6.45) is 13.3. The van der Waals surface area contributed by atoms with E-state index in [0.29, 0.717) is 15.5 Å². The van der Waals surface area contributed by atoms with E-state index in [-0.39, 0.29) is 35.6 Å². The van der Waals surface area contributed by atoms with Crippen molar-refractivity contribution in [2.75, 3.05) is 0 Å². The molecule has 0 nitrogen and oxygen atoms in total. The molecule has 0 aliphatic heterocycles. The molecule has 6 aromatic rings. The molecule has 2 aliphatic rings. The Hall–Kier alpha value is -3.35. The summed E-state index contributed by atoms with van der Waals surface area (Å²) >= 11 is -2.73. The molecular formula is C55H60Cl2Zr. The van der Waals surface area contributed by atoms with E-state index in [1.165, 1.54) is 78.9 Å². The summed E-state index contributed by atoms with van der Waals surface area (Å²) in [5, 5.41) is 5.34. The summed E-state index contributed by atoms with van der Waals surface area (Å²) in [6, 6.07) is 39.9. The van der Waals surface area contributed by atoms with Gasteiger partial charge < -0.3 is 24.8 Å². The standard InChI is InChI=1S/C41H37.C9H18.C5H5.2ClH.Zr/c1-40(2,3)38-24-34-28(22-36(38)32-19-11-15-26-13-7-9-17-30(26)32)21-29-23-37(39(25-35(29)34)41(4,5)6)33-20-12-16-27-14-8-10-18-31(27)33;1-8(2)6-5-7-9(3)4;1-2-4-5-3-1;;;/h7-20,22,24-25H,21H2,1-6H3;8-9H,6-7H2,1-4H3;1-5H;2*1H;/q;;;;;+2/p-2. The van der Waals surface area contributed by atoms with Gasteiger partial charge in [-0.25, -0.2) is 0 Å². The molecule has 0 unspecified atom stereocenters. The van der Waals surface area contributed by atoms with Crippen LogP contribution in [0, 0.1) is 11.8 Å². The van der Waals surface area contributed by atoms with E-state index in [0.717, 1.165) is 6.42 Å². The van der Waals surface area contributed by atoms with Crippen LogP contribution in [0.2, 0.25) is 3.63 Å². The van der Waals surface area contributed by atoms with Gasteiger partial charge in [0, 0.05) is 0 Å². The normalized spacial score (nSPS) is 13.4. The average molecular weight is 883 g/mol. The van der Waals surface area contributed by atoms with Crippen molar-refractivity contribution in [1.82, 2.24) is 0 Å². The molecule has 0 bridgehead atoms. The minimum Gasteiger partial charge on any atom is -1.00 e. The maximum Gasteiger partial charge on any atom is -1.00 e. The number of halogens is 2. The molecule has 3 heteroatoms. The van der Waals surface area contributed by atoms with Gasteiger partial charge in [-0.1, -0.05) is 0 Å². The molecule has 298 valence electrons. The summed E-state index contributed by atoms with van der Waals surface area (Å²) in [5.74, 6) is 1.26. The fourth-order valence-corrected chi connectivity index (χ4v) is 19.9. The molecule has 0 aromatic heterocycles. The van der Waals surface area contributed by atoms with Crippen molar-refractivity contribution in [2.45, 2.75) is 103 Å². The zero-order valence-corrected chi connectivity index (χ0v) is 40.2. The van der Waals surface area contributed by atoms with E-state index in [1.54, 1.807) is 14.4 Å². The van der Waals surface area contributed by atoms with Crippen LogP contribution in [-0.2, 0) is 38.5 Å². The van der Waals surface area contributed by atoms with Gasteiger partial charge >= 0.3 is 347 Å². The van der Waals surface area contributed by atoms with Crippen molar-refractivity contribution < 1.29 is 46.1 Å². The van der Waals surface area contributed by atoms with E-state index in [2.05, 4.69) is 197 Å². The van der Waals surface area contributed by atoms with Crippen LogP contribution < -0.4 is 28.1 Å². The molecule has 8 rings (SSSR count). The number of benzene rings is 6. The summed E-state index contributed by atoms with van der Waals surface area (Å²) in [7, 11) is 0. The Bertz CT molecular complexity index is 2550. The van der Waals surface area contributed by atoms with E-state index in [4.69, 9.17) is 0 Å². The predicted octanol–water partition coefficient (Wildman–Crippen LogP) is 8.92. The maximum absolute atomic E-state index is 2.73. The molecule has 0 saturated heterocycles. The number of hydrogen-bond donors (Lipinski definition) is 0. The fraction of sp³-hybridized carbons (Fsp3) is 0.327. The minimum atomic E-state index is -2.73. The monoisotopic (exact) mass is 880 g/mol. The largest absolute Gasteiger partial charge is 1.00 e. The number of rotatable bonds is 8. The predicted molar refractivity (Wildman–Crippen MR) is 244 cm³/mol. The van der Waals surface area contributed by atoms with Crippen molar-refractivity contribution in [1.29, 1.82) is 0 Å². The van der Waals surface area contributed by atoms with Crippen molar-refractivity contribution in [2.24, 2.45) is 11.8 Å². The van der Waals surface area contributed by atoms with Crippen LogP contribution in [0.15, 0.2) is 127 Å². The topological polar surface area (TPSA) is 0 Å². The number of allylic oxidation sites excluding steroid dienone is 4. The molecule has 2 aliphatic carbocycles. The fourth-order valence-electron chi connectivity index (χ4n) is 9.79. The molecule has 0 radical (unpaired) electrons. The van der Waals surface area contributed by atoms with E-state index >= 15 is 0 Å². The molecule has 0 atom stereocenters. The van der Waals surface area contributed by atoms with E-state index in [1.807, 2.05) is 3.21 Å². The quantitative estimate of drug-likeness (QED) is 0.143. The molecular weight excluding hydrogens is 823 g/mol. The second-order valence-corrected chi connectivity index (χ2v) is 26.1. The van der Waals surface area contributed by atoms with Gasteiger partial charge in [0.1, 0.15) is 0 Å². The molecule has 0 fully saturated rings. The maximum atomic E-state index is 2.66. The van der Waals surface area contributed by atoms with Crippen molar-refractivity contribution >= 4 is 28.0 Å². The van der Waals surface area contributed by atoms with Crippen LogP contribution in [0.3, 0.4) is 0 Å². The van der Waals surface area contributed by atoms with Gasteiger partial charge in [0.2, 0.25) is 0 Å². The van der Waals surface area contributed by atoms with Gasteiger partial charge in [0.05, 0.1) is 0 Å². The Morgan fingerprint density at radius 1 is 0.569 bits per heavy atom. The Kier molecular flexibility index (Phi) is 13.2. The van der Waals surface area contributed by atoms with Crippen molar-refractivity contribution in [3.63, 3.8) is 0 Å². The van der Waals surface area contributed by atoms with Gasteiger partial charge in [-0.2, -0.15) is 0 Å². The van der Waals surface area contributed by atoms with Gasteiger partial charge in [-0.3, -0.25) is 0 Å². The van der Waals surface area contributed by atoms with Gasteiger partial charge in [-0.05, 0) is 0 Å². The first-order valence-electron chi connectivity index (χ1n) is 21.1. The third-order valence-corrected chi connectivity index (χ3v) is 20.3. The average Bonchev–Trinajstić information content (AvgIpc) is 3.81. The first-order valence-corrected chi connectivity index (χ1v) is 25.0. The second-order valence-electron chi connectivity index (χ2n) is 19.5. The van der Waals surface area contributed by atoms with Crippen LogP contribution in [-0.4, -0.2) is 3.21 Å². The summed E-state index contributed by atoms with van der Waals surface area (Å²) in [5.41, 5.74) is 14.6. The van der Waals surface area contributed by atoms with Gasteiger partial charge in [0.15, 0.2) is 0 Å². The van der Waals surface area contributed by atoms with Gasteiger partial charge in [0.25, 0.3) is 0 Å². The third kappa shape index (κ3) is 8.36. The molecule has 0 spiro atoms. The zero-order chi connectivity index (χ0) is 39.5. The zero-order valence-electron chi connectivity index (χ0n) is 36.2. The Morgan fingerprint density at radius 2 is 1.07 bits per heavy atom. The van der Waals surface area contributed by atoms with Gasteiger partial charge in [-0.15, -0.1) is 0 Å². The smallest absolute Gasteiger partial charge is 1.00 e. The summed E-state index contributed by atoms with van der Waals surface area (Å²) in [4.78, 5) is 0. The molecule has 6 aromatic carbocycles. The Morgan fingerprint density at radius 3 is 1.62 bits per heavy atom. The summed E-state index contributed by atoms with van der Waals surface area (Å²) < 4.78 is 4.18. The second kappa shape index (κ2) is 17.3. The van der Waals surface area contributed by atoms with Crippen LogP contribution in [0.25, 0.3) is 54.9 Å². The third-order valence-electron chi connectivity index (χ3n) is 12.1. The Labute approximate surface area is 369 Å². The molecule has 0 amide bonds. The first-order chi connectivity index (χ1) is 26.7. The van der Waals surface area contributed by atoms with Crippen molar-refractivity contribution in [3.8, 4) is 33.4 Å². The number of fused-ring (bicyclic) bond motifs is 5. The Balaban J connectivity index is 0.00000283.